The van der Waals surface area contributed by atoms with Gasteiger partial charge in [-0.2, -0.15) is 0 Å². The van der Waals surface area contributed by atoms with Gasteiger partial charge < -0.3 is 9.47 Å². The van der Waals surface area contributed by atoms with Crippen molar-refractivity contribution in [1.29, 1.82) is 0 Å². The lowest BCUT2D eigenvalue weighted by molar-refractivity contribution is 0.0628. The Balaban J connectivity index is 1.34. The second kappa shape index (κ2) is 7.46. The van der Waals surface area contributed by atoms with Gasteiger partial charge >= 0.3 is 0 Å². The van der Waals surface area contributed by atoms with Gasteiger partial charge in [0.2, 0.25) is 0 Å². The molecule has 1 saturated carbocycles. The first kappa shape index (κ1) is 17.0. The van der Waals surface area contributed by atoms with Crippen LogP contribution in [0, 0.1) is 5.92 Å². The van der Waals surface area contributed by atoms with Crippen LogP contribution in [0.3, 0.4) is 0 Å². The molecule has 2 fully saturated rings. The Hall–Kier alpha value is -2.40. The molecule has 0 bridgehead atoms. The van der Waals surface area contributed by atoms with E-state index in [0.717, 1.165) is 44.8 Å². The van der Waals surface area contributed by atoms with Gasteiger partial charge in [0.05, 0.1) is 0 Å². The zero-order valence-electron chi connectivity index (χ0n) is 15.0. The first-order valence-electron chi connectivity index (χ1n) is 9.45. The van der Waals surface area contributed by atoms with Crippen molar-refractivity contribution in [3.05, 3.63) is 70.1 Å². The van der Waals surface area contributed by atoms with Gasteiger partial charge in [0.15, 0.2) is 0 Å². The van der Waals surface area contributed by atoms with Crippen LogP contribution >= 0.6 is 0 Å². The molecule has 136 valence electrons. The minimum atomic E-state index is 0.0962. The van der Waals surface area contributed by atoms with Crippen molar-refractivity contribution in [3.8, 4) is 0 Å². The summed E-state index contributed by atoms with van der Waals surface area (Å²) in [6.45, 7) is 4.90. The molecule has 2 heterocycles. The topological polar surface area (TPSA) is 45.6 Å². The summed E-state index contributed by atoms with van der Waals surface area (Å²) in [5.41, 5.74) is 2.03. The predicted octanol–water partition coefficient (Wildman–Crippen LogP) is 2.22. The summed E-state index contributed by atoms with van der Waals surface area (Å²) in [5.74, 6) is 0.804. The highest BCUT2D eigenvalue weighted by atomic mass is 16.2. The number of carbonyl (C=O) groups excluding carboxylic acids is 1. The van der Waals surface area contributed by atoms with E-state index in [-0.39, 0.29) is 11.5 Å². The molecule has 0 atom stereocenters. The fourth-order valence-corrected chi connectivity index (χ4v) is 3.53. The van der Waals surface area contributed by atoms with E-state index in [2.05, 4.69) is 4.90 Å². The first-order valence-corrected chi connectivity index (χ1v) is 9.45. The van der Waals surface area contributed by atoms with Crippen molar-refractivity contribution >= 4 is 5.91 Å². The molecular formula is C21H25N3O2. The van der Waals surface area contributed by atoms with Gasteiger partial charge in [-0.15, -0.1) is 0 Å². The summed E-state index contributed by atoms with van der Waals surface area (Å²) in [7, 11) is 0. The maximum atomic E-state index is 12.5. The van der Waals surface area contributed by atoms with Crippen molar-refractivity contribution in [2.75, 3.05) is 26.2 Å². The van der Waals surface area contributed by atoms with Crippen LogP contribution in [0.25, 0.3) is 0 Å². The van der Waals surface area contributed by atoms with E-state index in [4.69, 9.17) is 0 Å². The Kier molecular flexibility index (Phi) is 4.89. The summed E-state index contributed by atoms with van der Waals surface area (Å²) >= 11 is 0. The zero-order chi connectivity index (χ0) is 17.9. The quantitative estimate of drug-likeness (QED) is 0.830. The lowest BCUT2D eigenvalue weighted by Crippen LogP contribution is -2.48. The van der Waals surface area contributed by atoms with Gasteiger partial charge in [-0.05, 0) is 36.5 Å². The van der Waals surface area contributed by atoms with E-state index < -0.39 is 0 Å². The number of piperazine rings is 1. The van der Waals surface area contributed by atoms with E-state index in [1.54, 1.807) is 6.07 Å². The number of hydrogen-bond donors (Lipinski definition) is 0. The van der Waals surface area contributed by atoms with E-state index in [0.29, 0.717) is 5.92 Å². The van der Waals surface area contributed by atoms with Gasteiger partial charge in [-0.1, -0.05) is 24.3 Å². The van der Waals surface area contributed by atoms with E-state index in [1.807, 2.05) is 52.1 Å². The molecule has 2 aliphatic rings. The molecule has 2 aromatic rings. The molecule has 0 N–H and O–H groups in total. The van der Waals surface area contributed by atoms with Crippen LogP contribution in [0.5, 0.6) is 0 Å². The molecule has 0 unspecified atom stereocenters. The van der Waals surface area contributed by atoms with Crippen LogP contribution in [0.1, 0.15) is 28.8 Å². The number of pyridine rings is 1. The minimum absolute atomic E-state index is 0.0962. The molecule has 0 radical (unpaired) electrons. The number of benzene rings is 1. The molecule has 1 aromatic carbocycles. The lowest BCUT2D eigenvalue weighted by atomic mass is 10.1. The largest absolute Gasteiger partial charge is 0.336 e. The molecular weight excluding hydrogens is 326 g/mol. The highest BCUT2D eigenvalue weighted by molar-refractivity contribution is 5.94. The molecule has 4 rings (SSSR count). The average Bonchev–Trinajstić information content (AvgIpc) is 3.49. The van der Waals surface area contributed by atoms with Crippen LogP contribution in [0.2, 0.25) is 0 Å². The fourth-order valence-electron chi connectivity index (χ4n) is 3.53. The molecule has 5 heteroatoms. The summed E-state index contributed by atoms with van der Waals surface area (Å²) in [5, 5.41) is 0. The van der Waals surface area contributed by atoms with Crippen LogP contribution in [-0.2, 0) is 13.1 Å². The Bertz CT molecular complexity index is 819. The number of carbonyl (C=O) groups is 1. The third-order valence-corrected chi connectivity index (χ3v) is 5.28. The second-order valence-corrected chi connectivity index (χ2v) is 7.41. The monoisotopic (exact) mass is 351 g/mol. The fraction of sp³-hybridized carbons (Fsp3) is 0.429. The maximum Gasteiger partial charge on any atom is 0.253 e. The molecule has 26 heavy (non-hydrogen) atoms. The normalized spacial score (nSPS) is 18.1. The van der Waals surface area contributed by atoms with Crippen molar-refractivity contribution < 1.29 is 4.79 Å². The number of hydrogen-bond acceptors (Lipinski definition) is 3. The third-order valence-electron chi connectivity index (χ3n) is 5.28. The van der Waals surface area contributed by atoms with Crippen molar-refractivity contribution in [1.82, 2.24) is 14.4 Å². The lowest BCUT2D eigenvalue weighted by Gasteiger charge is -2.34. The summed E-state index contributed by atoms with van der Waals surface area (Å²) in [6.07, 6.45) is 4.50. The molecule has 1 aromatic heterocycles. The molecule has 1 amide bonds. The number of amides is 1. The van der Waals surface area contributed by atoms with E-state index in [9.17, 15) is 9.59 Å². The summed E-state index contributed by atoms with van der Waals surface area (Å²) in [4.78, 5) is 28.8. The van der Waals surface area contributed by atoms with Gasteiger partial charge in [0, 0.05) is 57.1 Å². The SMILES string of the molecule is O=C(c1ccccc1)N1CCN(Cc2ccc(=O)n(CC3CC3)c2)CC1. The predicted molar refractivity (Wildman–Crippen MR) is 101 cm³/mol. The Labute approximate surface area is 153 Å². The van der Waals surface area contributed by atoms with Crippen molar-refractivity contribution in [2.45, 2.75) is 25.9 Å². The van der Waals surface area contributed by atoms with E-state index >= 15 is 0 Å². The molecule has 1 aliphatic heterocycles. The number of rotatable bonds is 5. The zero-order valence-corrected chi connectivity index (χ0v) is 15.0. The van der Waals surface area contributed by atoms with E-state index in [1.165, 1.54) is 18.4 Å². The Morgan fingerprint density at radius 3 is 2.38 bits per heavy atom. The smallest absolute Gasteiger partial charge is 0.253 e. The highest BCUT2D eigenvalue weighted by Crippen LogP contribution is 2.30. The van der Waals surface area contributed by atoms with Gasteiger partial charge in [-0.3, -0.25) is 14.5 Å². The maximum absolute atomic E-state index is 12.5. The van der Waals surface area contributed by atoms with Gasteiger partial charge in [0.25, 0.3) is 11.5 Å². The van der Waals surface area contributed by atoms with Crippen LogP contribution in [0.4, 0.5) is 0 Å². The van der Waals surface area contributed by atoms with Crippen molar-refractivity contribution in [3.63, 3.8) is 0 Å². The first-order chi connectivity index (χ1) is 12.7. The van der Waals surface area contributed by atoms with Crippen LogP contribution < -0.4 is 5.56 Å². The molecule has 1 saturated heterocycles. The second-order valence-electron chi connectivity index (χ2n) is 7.41. The van der Waals surface area contributed by atoms with Crippen LogP contribution in [-0.4, -0.2) is 46.5 Å². The highest BCUT2D eigenvalue weighted by Gasteiger charge is 2.23. The summed E-state index contributed by atoms with van der Waals surface area (Å²) in [6, 6.07) is 13.1. The molecule has 0 spiro atoms. The minimum Gasteiger partial charge on any atom is -0.336 e. The number of nitrogens with zero attached hydrogens (tertiary/aromatic N) is 3. The molecule has 1 aliphatic carbocycles. The standard InChI is InChI=1S/C21H25N3O2/c25-20-9-8-18(16-24(20)15-17-6-7-17)14-22-10-12-23(13-11-22)21(26)19-4-2-1-3-5-19/h1-5,8-9,16-17H,6-7,10-15H2. The Morgan fingerprint density at radius 1 is 0.962 bits per heavy atom. The van der Waals surface area contributed by atoms with Gasteiger partial charge in [0.1, 0.15) is 0 Å². The summed E-state index contributed by atoms with van der Waals surface area (Å²) < 4.78 is 1.86. The van der Waals surface area contributed by atoms with Gasteiger partial charge in [-0.25, -0.2) is 0 Å². The molecule has 5 nitrogen and oxygen atoms in total. The van der Waals surface area contributed by atoms with Crippen molar-refractivity contribution in [2.24, 2.45) is 5.92 Å². The Morgan fingerprint density at radius 2 is 1.69 bits per heavy atom. The average molecular weight is 351 g/mol. The van der Waals surface area contributed by atoms with Crippen LogP contribution in [0.15, 0.2) is 53.5 Å². The third kappa shape index (κ3) is 4.05. The number of aromatic nitrogens is 1.